The van der Waals surface area contributed by atoms with Crippen molar-refractivity contribution in [3.63, 3.8) is 0 Å². The quantitative estimate of drug-likeness (QED) is 0.872. The van der Waals surface area contributed by atoms with Crippen LogP contribution in [0.25, 0.3) is 0 Å². The summed E-state index contributed by atoms with van der Waals surface area (Å²) in [5.41, 5.74) is 4.68. The van der Waals surface area contributed by atoms with Gasteiger partial charge in [-0.1, -0.05) is 6.07 Å². The summed E-state index contributed by atoms with van der Waals surface area (Å²) >= 11 is 0. The fraction of sp³-hybridized carbons (Fsp3) is 0.526. The molecular weight excluding hydrogens is 300 g/mol. The van der Waals surface area contributed by atoms with E-state index in [1.54, 1.807) is 6.20 Å². The summed E-state index contributed by atoms with van der Waals surface area (Å²) in [5, 5.41) is 4.54. The Morgan fingerprint density at radius 1 is 1.33 bits per heavy atom. The van der Waals surface area contributed by atoms with E-state index in [1.165, 1.54) is 16.8 Å². The molecule has 1 saturated carbocycles. The summed E-state index contributed by atoms with van der Waals surface area (Å²) < 4.78 is 1.93. The van der Waals surface area contributed by atoms with Gasteiger partial charge in [-0.15, -0.1) is 0 Å². The first-order valence-electron chi connectivity index (χ1n) is 8.78. The van der Waals surface area contributed by atoms with Crippen LogP contribution in [-0.2, 0) is 11.8 Å². The van der Waals surface area contributed by atoms with Crippen LogP contribution in [0.2, 0.25) is 0 Å². The summed E-state index contributed by atoms with van der Waals surface area (Å²) in [6, 6.07) is 4.24. The third kappa shape index (κ3) is 2.43. The van der Waals surface area contributed by atoms with E-state index in [0.29, 0.717) is 11.8 Å². The number of nitrogens with zero attached hydrogens (tertiary/aromatic N) is 4. The van der Waals surface area contributed by atoms with Crippen molar-refractivity contribution in [2.45, 2.75) is 45.1 Å². The number of pyridine rings is 1. The van der Waals surface area contributed by atoms with E-state index in [9.17, 15) is 4.79 Å². The van der Waals surface area contributed by atoms with Gasteiger partial charge in [0.05, 0.1) is 11.7 Å². The highest BCUT2D eigenvalue weighted by molar-refractivity contribution is 5.83. The van der Waals surface area contributed by atoms with Gasteiger partial charge in [0.15, 0.2) is 0 Å². The van der Waals surface area contributed by atoms with Crippen LogP contribution in [0.3, 0.4) is 0 Å². The molecular formula is C19H24N4O. The highest BCUT2D eigenvalue weighted by Gasteiger charge is 2.48. The third-order valence-corrected chi connectivity index (χ3v) is 5.65. The Hall–Kier alpha value is -2.17. The molecule has 0 aromatic carbocycles. The fourth-order valence-electron chi connectivity index (χ4n) is 4.25. The monoisotopic (exact) mass is 324 g/mol. The minimum atomic E-state index is 0.132. The zero-order chi connectivity index (χ0) is 16.8. The first-order valence-corrected chi connectivity index (χ1v) is 8.78. The van der Waals surface area contributed by atoms with Crippen LogP contribution in [0, 0.1) is 19.8 Å². The van der Waals surface area contributed by atoms with Crippen molar-refractivity contribution in [3.8, 4) is 0 Å². The van der Waals surface area contributed by atoms with Gasteiger partial charge in [0.2, 0.25) is 5.91 Å². The van der Waals surface area contributed by atoms with Gasteiger partial charge in [-0.05, 0) is 50.7 Å². The SMILES string of the molecule is Cc1nn(C)c(C)c1[C@@H]1CCCN1C(=O)[C@H]1C[C@H]1c1cccnc1. The lowest BCUT2D eigenvalue weighted by molar-refractivity contribution is -0.133. The molecule has 1 aliphatic heterocycles. The molecule has 4 rings (SSSR count). The van der Waals surface area contributed by atoms with Gasteiger partial charge in [-0.2, -0.15) is 5.10 Å². The van der Waals surface area contributed by atoms with E-state index >= 15 is 0 Å². The van der Waals surface area contributed by atoms with E-state index < -0.39 is 0 Å². The molecule has 0 N–H and O–H groups in total. The Morgan fingerprint density at radius 3 is 2.83 bits per heavy atom. The van der Waals surface area contributed by atoms with Crippen LogP contribution in [-0.4, -0.2) is 32.1 Å². The molecule has 5 nitrogen and oxygen atoms in total. The van der Waals surface area contributed by atoms with E-state index in [4.69, 9.17) is 0 Å². The molecule has 3 heterocycles. The number of carbonyl (C=O) groups is 1. The van der Waals surface area contributed by atoms with Gasteiger partial charge < -0.3 is 4.90 Å². The van der Waals surface area contributed by atoms with Gasteiger partial charge in [0.1, 0.15) is 0 Å². The molecule has 1 amide bonds. The molecule has 0 spiro atoms. The van der Waals surface area contributed by atoms with E-state index in [1.807, 2.05) is 24.0 Å². The molecule has 2 fully saturated rings. The molecule has 126 valence electrons. The average molecular weight is 324 g/mol. The Labute approximate surface area is 142 Å². The van der Waals surface area contributed by atoms with Crippen LogP contribution in [0.1, 0.15) is 53.7 Å². The molecule has 2 aromatic rings. The Kier molecular flexibility index (Phi) is 3.66. The highest BCUT2D eigenvalue weighted by atomic mass is 16.2. The maximum atomic E-state index is 13.1. The van der Waals surface area contributed by atoms with Crippen molar-refractivity contribution in [1.29, 1.82) is 0 Å². The molecule has 2 aliphatic rings. The molecule has 0 bridgehead atoms. The van der Waals surface area contributed by atoms with Crippen molar-refractivity contribution >= 4 is 5.91 Å². The molecule has 0 radical (unpaired) electrons. The Balaban J connectivity index is 1.55. The van der Waals surface area contributed by atoms with Crippen molar-refractivity contribution in [2.75, 3.05) is 6.54 Å². The lowest BCUT2D eigenvalue weighted by Crippen LogP contribution is -2.32. The maximum absolute atomic E-state index is 13.1. The number of carbonyl (C=O) groups excluding carboxylic acids is 1. The largest absolute Gasteiger partial charge is 0.335 e. The number of aromatic nitrogens is 3. The van der Waals surface area contributed by atoms with Crippen molar-refractivity contribution < 1.29 is 4.79 Å². The molecule has 0 unspecified atom stereocenters. The minimum absolute atomic E-state index is 0.132. The van der Waals surface area contributed by atoms with Crippen LogP contribution in [0.5, 0.6) is 0 Å². The first-order chi connectivity index (χ1) is 11.6. The summed E-state index contributed by atoms with van der Waals surface area (Å²) in [4.78, 5) is 19.4. The molecule has 1 aliphatic carbocycles. The molecule has 2 aromatic heterocycles. The molecule has 24 heavy (non-hydrogen) atoms. The second-order valence-electron chi connectivity index (χ2n) is 7.13. The standard InChI is InChI=1S/C19H24N4O/c1-12-18(13(2)22(3)21-12)17-7-5-9-23(17)19(24)16-10-15(16)14-6-4-8-20-11-14/h4,6,8,11,15-17H,5,7,9-10H2,1-3H3/t15-,16-,17-/m0/s1. The maximum Gasteiger partial charge on any atom is 0.226 e. The minimum Gasteiger partial charge on any atom is -0.335 e. The smallest absolute Gasteiger partial charge is 0.226 e. The predicted octanol–water partition coefficient (Wildman–Crippen LogP) is 2.90. The normalized spacial score (nSPS) is 26.0. The molecule has 3 atom stereocenters. The number of amides is 1. The van der Waals surface area contributed by atoms with Crippen LogP contribution >= 0.6 is 0 Å². The summed E-state index contributed by atoms with van der Waals surface area (Å²) in [5.74, 6) is 0.796. The van der Waals surface area contributed by atoms with Gasteiger partial charge in [0.25, 0.3) is 0 Å². The lowest BCUT2D eigenvalue weighted by atomic mass is 10.0. The number of aryl methyl sites for hydroxylation is 2. The number of hydrogen-bond acceptors (Lipinski definition) is 3. The Bertz CT molecular complexity index is 767. The van der Waals surface area contributed by atoms with E-state index in [0.717, 1.165) is 31.5 Å². The van der Waals surface area contributed by atoms with E-state index in [2.05, 4.69) is 34.9 Å². The van der Waals surface area contributed by atoms with Crippen molar-refractivity contribution in [1.82, 2.24) is 19.7 Å². The van der Waals surface area contributed by atoms with Crippen LogP contribution in [0.4, 0.5) is 0 Å². The second kappa shape index (κ2) is 5.72. The fourth-order valence-corrected chi connectivity index (χ4v) is 4.25. The van der Waals surface area contributed by atoms with Crippen LogP contribution in [0.15, 0.2) is 24.5 Å². The number of hydrogen-bond donors (Lipinski definition) is 0. The van der Waals surface area contributed by atoms with Crippen LogP contribution < -0.4 is 0 Å². The second-order valence-corrected chi connectivity index (χ2v) is 7.13. The zero-order valence-electron chi connectivity index (χ0n) is 14.6. The number of rotatable bonds is 3. The van der Waals surface area contributed by atoms with Crippen molar-refractivity contribution in [3.05, 3.63) is 47.0 Å². The van der Waals surface area contributed by atoms with Crippen molar-refractivity contribution in [2.24, 2.45) is 13.0 Å². The molecule has 1 saturated heterocycles. The van der Waals surface area contributed by atoms with Gasteiger partial charge in [-0.3, -0.25) is 14.5 Å². The lowest BCUT2D eigenvalue weighted by Gasteiger charge is -2.25. The molecule has 5 heteroatoms. The first kappa shape index (κ1) is 15.4. The van der Waals surface area contributed by atoms with Gasteiger partial charge in [0, 0.05) is 43.2 Å². The third-order valence-electron chi connectivity index (χ3n) is 5.65. The average Bonchev–Trinajstić information content (AvgIpc) is 3.18. The highest BCUT2D eigenvalue weighted by Crippen LogP contribution is 2.50. The number of likely N-dealkylation sites (tertiary alicyclic amines) is 1. The summed E-state index contributed by atoms with van der Waals surface area (Å²) in [6.07, 6.45) is 6.76. The summed E-state index contributed by atoms with van der Waals surface area (Å²) in [7, 11) is 1.98. The Morgan fingerprint density at radius 2 is 2.17 bits per heavy atom. The summed E-state index contributed by atoms with van der Waals surface area (Å²) in [6.45, 7) is 5.03. The predicted molar refractivity (Wildman–Crippen MR) is 91.5 cm³/mol. The van der Waals surface area contributed by atoms with Gasteiger partial charge >= 0.3 is 0 Å². The van der Waals surface area contributed by atoms with E-state index in [-0.39, 0.29) is 12.0 Å². The van der Waals surface area contributed by atoms with Gasteiger partial charge in [-0.25, -0.2) is 0 Å². The topological polar surface area (TPSA) is 51.0 Å². The zero-order valence-corrected chi connectivity index (χ0v) is 14.6.